The fourth-order valence-electron chi connectivity index (χ4n) is 5.92. The lowest BCUT2D eigenvalue weighted by Gasteiger charge is -2.23. The number of fused-ring (bicyclic) bond motifs is 2. The second-order valence-corrected chi connectivity index (χ2v) is 11.9. The lowest BCUT2D eigenvalue weighted by atomic mass is 10.0. The van der Waals surface area contributed by atoms with E-state index < -0.39 is 29.1 Å². The molecule has 0 radical (unpaired) electrons. The topological polar surface area (TPSA) is 140 Å². The second kappa shape index (κ2) is 11.9. The van der Waals surface area contributed by atoms with Crippen LogP contribution in [0.25, 0.3) is 10.9 Å². The van der Waals surface area contributed by atoms with Crippen LogP contribution in [0.15, 0.2) is 72.9 Å². The molecule has 236 valence electrons. The number of amides is 3. The Labute approximate surface area is 263 Å². The number of nitrogens with zero attached hydrogens (tertiary/aromatic N) is 1. The zero-order valence-electron chi connectivity index (χ0n) is 25.0. The molecule has 0 bridgehead atoms. The van der Waals surface area contributed by atoms with Gasteiger partial charge in [0, 0.05) is 41.6 Å². The molecule has 4 aromatic rings. The summed E-state index contributed by atoms with van der Waals surface area (Å²) in [5.41, 5.74) is 0.293. The average Bonchev–Trinajstić information content (AvgIpc) is 3.98. The third-order valence-corrected chi connectivity index (χ3v) is 8.82. The SMILES string of the molecule is COc1cc2c(Oc3ccc(NC(=O)C4(C(=O)Nc5ccc(F)cc5)CC4)cc3)ccnc2cc1OC(=O)NC1CNCC2CC21. The Morgan fingerprint density at radius 2 is 1.59 bits per heavy atom. The van der Waals surface area contributed by atoms with Crippen molar-refractivity contribution < 1.29 is 33.0 Å². The molecule has 0 spiro atoms. The van der Waals surface area contributed by atoms with Crippen LogP contribution < -0.4 is 35.5 Å². The van der Waals surface area contributed by atoms with Crippen molar-refractivity contribution in [3.05, 3.63) is 78.7 Å². The minimum atomic E-state index is -1.17. The van der Waals surface area contributed by atoms with Gasteiger partial charge < -0.3 is 35.5 Å². The Kier molecular flexibility index (Phi) is 7.65. The molecule has 3 aromatic carbocycles. The van der Waals surface area contributed by atoms with Gasteiger partial charge in [0.05, 0.1) is 12.6 Å². The first-order chi connectivity index (χ1) is 22.3. The van der Waals surface area contributed by atoms with Gasteiger partial charge in [0.15, 0.2) is 11.5 Å². The van der Waals surface area contributed by atoms with E-state index in [9.17, 15) is 18.8 Å². The van der Waals surface area contributed by atoms with Crippen molar-refractivity contribution >= 4 is 40.2 Å². The number of carbonyl (C=O) groups is 3. The van der Waals surface area contributed by atoms with Crippen LogP contribution in [0.5, 0.6) is 23.0 Å². The molecule has 46 heavy (non-hydrogen) atoms. The molecule has 1 aromatic heterocycles. The van der Waals surface area contributed by atoms with E-state index in [1.54, 1.807) is 48.7 Å². The van der Waals surface area contributed by atoms with Crippen LogP contribution in [0.3, 0.4) is 0 Å². The largest absolute Gasteiger partial charge is 0.493 e. The summed E-state index contributed by atoms with van der Waals surface area (Å²) in [5.74, 6) is 1.46. The van der Waals surface area contributed by atoms with Gasteiger partial charge in [-0.3, -0.25) is 14.6 Å². The van der Waals surface area contributed by atoms with Crippen molar-refractivity contribution in [2.45, 2.75) is 25.3 Å². The second-order valence-electron chi connectivity index (χ2n) is 11.9. The molecule has 11 nitrogen and oxygen atoms in total. The molecule has 3 amide bonds. The van der Waals surface area contributed by atoms with Crippen molar-refractivity contribution in [1.82, 2.24) is 15.6 Å². The number of piperidine rings is 1. The summed E-state index contributed by atoms with van der Waals surface area (Å²) in [7, 11) is 1.49. The lowest BCUT2D eigenvalue weighted by Crippen LogP contribution is -2.48. The van der Waals surface area contributed by atoms with E-state index in [0.717, 1.165) is 19.5 Å². The minimum absolute atomic E-state index is 0.0395. The van der Waals surface area contributed by atoms with E-state index in [-0.39, 0.29) is 11.8 Å². The molecule has 4 N–H and O–H groups in total. The smallest absolute Gasteiger partial charge is 0.413 e. The third-order valence-electron chi connectivity index (χ3n) is 8.82. The first kappa shape index (κ1) is 29.5. The lowest BCUT2D eigenvalue weighted by molar-refractivity contribution is -0.131. The molecule has 2 saturated carbocycles. The first-order valence-corrected chi connectivity index (χ1v) is 15.1. The molecule has 1 saturated heterocycles. The van der Waals surface area contributed by atoms with Crippen molar-refractivity contribution in [3.8, 4) is 23.0 Å². The van der Waals surface area contributed by atoms with E-state index in [0.29, 0.717) is 64.2 Å². The maximum atomic E-state index is 13.2. The minimum Gasteiger partial charge on any atom is -0.493 e. The third kappa shape index (κ3) is 6.03. The van der Waals surface area contributed by atoms with Crippen LogP contribution in [0.4, 0.5) is 20.6 Å². The van der Waals surface area contributed by atoms with Crippen molar-refractivity contribution in [2.75, 3.05) is 30.8 Å². The molecule has 1 aliphatic heterocycles. The summed E-state index contributed by atoms with van der Waals surface area (Å²) in [6.45, 7) is 1.71. The number of pyridine rings is 1. The number of halogens is 1. The molecule has 2 aliphatic carbocycles. The fraction of sp³-hybridized carbons (Fsp3) is 0.294. The highest BCUT2D eigenvalue weighted by molar-refractivity contribution is 6.16. The summed E-state index contributed by atoms with van der Waals surface area (Å²) >= 11 is 0. The molecular weight excluding hydrogens is 593 g/mol. The zero-order valence-corrected chi connectivity index (χ0v) is 25.0. The summed E-state index contributed by atoms with van der Waals surface area (Å²) < 4.78 is 30.5. The van der Waals surface area contributed by atoms with Gasteiger partial charge in [0.2, 0.25) is 11.8 Å². The Balaban J connectivity index is 1.00. The Bertz CT molecular complexity index is 1810. The van der Waals surface area contributed by atoms with Gasteiger partial charge in [-0.1, -0.05) is 0 Å². The number of methoxy groups -OCH3 is 1. The van der Waals surface area contributed by atoms with Crippen LogP contribution in [0.1, 0.15) is 19.3 Å². The van der Waals surface area contributed by atoms with Gasteiger partial charge in [0.1, 0.15) is 22.7 Å². The summed E-state index contributed by atoms with van der Waals surface area (Å²) in [6, 6.07) is 17.2. The fourth-order valence-corrected chi connectivity index (χ4v) is 5.92. The van der Waals surface area contributed by atoms with E-state index in [1.165, 1.54) is 31.4 Å². The number of ether oxygens (including phenoxy) is 3. The summed E-state index contributed by atoms with van der Waals surface area (Å²) in [4.78, 5) is 43.1. The van der Waals surface area contributed by atoms with E-state index in [4.69, 9.17) is 14.2 Å². The van der Waals surface area contributed by atoms with Gasteiger partial charge in [0.25, 0.3) is 0 Å². The quantitative estimate of drug-likeness (QED) is 0.186. The molecule has 12 heteroatoms. The number of aromatic nitrogens is 1. The number of hydrogen-bond donors (Lipinski definition) is 4. The number of carbonyl (C=O) groups excluding carboxylic acids is 3. The maximum Gasteiger partial charge on any atom is 0.413 e. The Morgan fingerprint density at radius 1 is 0.891 bits per heavy atom. The predicted molar refractivity (Wildman–Crippen MR) is 168 cm³/mol. The molecule has 7 rings (SSSR count). The molecule has 3 atom stereocenters. The van der Waals surface area contributed by atoms with Gasteiger partial charge >= 0.3 is 6.09 Å². The standard InChI is InChI=1S/C34H32FN5O6/c1-44-29-15-25-26(16-30(29)46-33(43)40-27-18-36-17-19-14-24(19)27)37-13-10-28(25)45-23-8-6-22(7-9-23)39-32(42)34(11-12-34)31(41)38-21-4-2-20(35)3-5-21/h2-10,13,15-16,19,24,27,36H,11-12,14,17-18H2,1H3,(H,38,41)(H,39,42)(H,40,43). The van der Waals surface area contributed by atoms with Gasteiger partial charge in [-0.25, -0.2) is 9.18 Å². The van der Waals surface area contributed by atoms with Crippen LogP contribution in [0, 0.1) is 23.1 Å². The van der Waals surface area contributed by atoms with Crippen molar-refractivity contribution in [2.24, 2.45) is 17.3 Å². The highest BCUT2D eigenvalue weighted by Crippen LogP contribution is 2.48. The average molecular weight is 626 g/mol. The van der Waals surface area contributed by atoms with Gasteiger partial charge in [-0.15, -0.1) is 0 Å². The number of nitrogens with one attached hydrogen (secondary N) is 4. The molecular formula is C34H32FN5O6. The monoisotopic (exact) mass is 625 g/mol. The number of benzene rings is 3. The van der Waals surface area contributed by atoms with Crippen LogP contribution in [-0.4, -0.2) is 49.1 Å². The zero-order chi connectivity index (χ0) is 31.8. The number of hydrogen-bond acceptors (Lipinski definition) is 8. The summed E-state index contributed by atoms with van der Waals surface area (Å²) in [6.07, 6.45) is 3.00. The molecule has 2 heterocycles. The molecule has 3 aliphatic rings. The number of anilines is 2. The summed E-state index contributed by atoms with van der Waals surface area (Å²) in [5, 5.41) is 12.5. The Morgan fingerprint density at radius 3 is 2.26 bits per heavy atom. The van der Waals surface area contributed by atoms with Gasteiger partial charge in [-0.05, 0) is 98.3 Å². The molecule has 3 unspecified atom stereocenters. The number of rotatable bonds is 9. The normalized spacial score (nSPS) is 20.5. The van der Waals surface area contributed by atoms with Crippen LogP contribution in [0.2, 0.25) is 0 Å². The molecule has 3 fully saturated rings. The first-order valence-electron chi connectivity index (χ1n) is 15.1. The predicted octanol–water partition coefficient (Wildman–Crippen LogP) is 5.23. The van der Waals surface area contributed by atoms with Crippen LogP contribution in [-0.2, 0) is 9.59 Å². The maximum absolute atomic E-state index is 13.2. The highest BCUT2D eigenvalue weighted by Gasteiger charge is 2.56. The Hall–Kier alpha value is -5.23. The van der Waals surface area contributed by atoms with E-state index in [1.807, 2.05) is 0 Å². The van der Waals surface area contributed by atoms with Crippen LogP contribution >= 0.6 is 0 Å². The van der Waals surface area contributed by atoms with Crippen molar-refractivity contribution in [1.29, 1.82) is 0 Å². The highest BCUT2D eigenvalue weighted by atomic mass is 19.1. The van der Waals surface area contributed by atoms with E-state index in [2.05, 4.69) is 26.3 Å². The van der Waals surface area contributed by atoms with Crippen molar-refractivity contribution in [3.63, 3.8) is 0 Å². The van der Waals surface area contributed by atoms with E-state index >= 15 is 0 Å². The van der Waals surface area contributed by atoms with Gasteiger partial charge in [-0.2, -0.15) is 0 Å².